The summed E-state index contributed by atoms with van der Waals surface area (Å²) in [6.45, 7) is 7.67. The lowest BCUT2D eigenvalue weighted by molar-refractivity contribution is -0.134. The summed E-state index contributed by atoms with van der Waals surface area (Å²) in [5.41, 5.74) is 0.820. The molecule has 1 aromatic rings. The number of nitrogens with zero attached hydrogens (tertiary/aromatic N) is 2. The van der Waals surface area contributed by atoms with Crippen LogP contribution in [0.25, 0.3) is 0 Å². The Morgan fingerprint density at radius 3 is 3.00 bits per heavy atom. The largest absolute Gasteiger partial charge is 0.376 e. The second-order valence-electron chi connectivity index (χ2n) is 5.45. The van der Waals surface area contributed by atoms with Gasteiger partial charge in [-0.2, -0.15) is 0 Å². The number of likely N-dealkylation sites (N-methyl/N-ethyl adjacent to an activating group) is 1. The molecule has 1 aliphatic heterocycles. The Hall–Kier alpha value is -1.46. The number of amides is 1. The number of rotatable bonds is 5. The van der Waals surface area contributed by atoms with Crippen molar-refractivity contribution in [2.45, 2.75) is 26.5 Å². The van der Waals surface area contributed by atoms with Gasteiger partial charge in [-0.1, -0.05) is 12.1 Å². The van der Waals surface area contributed by atoms with Gasteiger partial charge in [-0.15, -0.1) is 0 Å². The van der Waals surface area contributed by atoms with E-state index in [4.69, 9.17) is 4.74 Å². The smallest absolute Gasteiger partial charge is 0.237 e. The molecule has 116 valence electrons. The fraction of sp³-hybridized carbons (Fsp3) is 0.562. The molecule has 1 fully saturated rings. The van der Waals surface area contributed by atoms with E-state index < -0.39 is 0 Å². The quantitative estimate of drug-likeness (QED) is 0.831. The van der Waals surface area contributed by atoms with Crippen LogP contribution in [0.3, 0.4) is 0 Å². The second kappa shape index (κ2) is 7.52. The van der Waals surface area contributed by atoms with E-state index in [1.54, 1.807) is 11.0 Å². The molecule has 0 saturated carbocycles. The molecule has 0 bridgehead atoms. The molecule has 1 saturated heterocycles. The third-order valence-electron chi connectivity index (χ3n) is 3.68. The zero-order valence-corrected chi connectivity index (χ0v) is 12.7. The van der Waals surface area contributed by atoms with Crippen LogP contribution in [0.5, 0.6) is 0 Å². The van der Waals surface area contributed by atoms with E-state index in [0.717, 1.165) is 18.7 Å². The molecule has 1 aromatic carbocycles. The van der Waals surface area contributed by atoms with Gasteiger partial charge in [0.1, 0.15) is 5.82 Å². The van der Waals surface area contributed by atoms with Gasteiger partial charge in [-0.25, -0.2) is 4.39 Å². The van der Waals surface area contributed by atoms with Crippen molar-refractivity contribution < 1.29 is 13.9 Å². The first-order valence-electron chi connectivity index (χ1n) is 7.44. The van der Waals surface area contributed by atoms with Crippen LogP contribution in [-0.4, -0.2) is 54.6 Å². The highest BCUT2D eigenvalue weighted by Crippen LogP contribution is 2.09. The lowest BCUT2D eigenvalue weighted by atomic mass is 10.2. The minimum atomic E-state index is -0.266. The van der Waals surface area contributed by atoms with Crippen molar-refractivity contribution in [1.82, 2.24) is 9.80 Å². The first-order chi connectivity index (χ1) is 10.1. The maximum Gasteiger partial charge on any atom is 0.237 e. The van der Waals surface area contributed by atoms with Gasteiger partial charge < -0.3 is 9.64 Å². The zero-order valence-electron chi connectivity index (χ0n) is 12.7. The number of carbonyl (C=O) groups excluding carboxylic acids is 1. The number of benzene rings is 1. The van der Waals surface area contributed by atoms with Gasteiger partial charge in [0.2, 0.25) is 5.91 Å². The molecular formula is C16H23FN2O2. The average Bonchev–Trinajstić information content (AvgIpc) is 2.44. The Balaban J connectivity index is 1.92. The molecule has 0 radical (unpaired) electrons. The second-order valence-corrected chi connectivity index (χ2v) is 5.45. The summed E-state index contributed by atoms with van der Waals surface area (Å²) in [5.74, 6) is -0.186. The zero-order chi connectivity index (χ0) is 15.2. The van der Waals surface area contributed by atoms with Crippen LogP contribution >= 0.6 is 0 Å². The van der Waals surface area contributed by atoms with Crippen LogP contribution in [0.1, 0.15) is 19.4 Å². The van der Waals surface area contributed by atoms with Crippen molar-refractivity contribution in [3.8, 4) is 0 Å². The van der Waals surface area contributed by atoms with Gasteiger partial charge in [0, 0.05) is 26.2 Å². The van der Waals surface area contributed by atoms with E-state index in [1.807, 2.05) is 19.9 Å². The molecule has 0 aromatic heterocycles. The van der Waals surface area contributed by atoms with Gasteiger partial charge >= 0.3 is 0 Å². The van der Waals surface area contributed by atoms with Gasteiger partial charge in [0.25, 0.3) is 0 Å². The molecule has 4 nitrogen and oxygen atoms in total. The maximum absolute atomic E-state index is 13.2. The van der Waals surface area contributed by atoms with Crippen molar-refractivity contribution in [1.29, 1.82) is 0 Å². The third-order valence-corrected chi connectivity index (χ3v) is 3.68. The molecular weight excluding hydrogens is 271 g/mol. The van der Waals surface area contributed by atoms with Crippen LogP contribution in [0.15, 0.2) is 24.3 Å². The minimum Gasteiger partial charge on any atom is -0.376 e. The van der Waals surface area contributed by atoms with Gasteiger partial charge in [-0.3, -0.25) is 9.69 Å². The topological polar surface area (TPSA) is 32.8 Å². The molecule has 1 aliphatic rings. The molecule has 5 heteroatoms. The Kier molecular flexibility index (Phi) is 5.70. The predicted octanol–water partition coefficient (Wildman–Crippen LogP) is 1.89. The number of ether oxygens (including phenoxy) is 1. The molecule has 1 unspecified atom stereocenters. The van der Waals surface area contributed by atoms with Crippen molar-refractivity contribution in [2.24, 2.45) is 0 Å². The predicted molar refractivity (Wildman–Crippen MR) is 79.3 cm³/mol. The number of hydrogen-bond acceptors (Lipinski definition) is 3. The molecule has 0 N–H and O–H groups in total. The summed E-state index contributed by atoms with van der Waals surface area (Å²) >= 11 is 0. The van der Waals surface area contributed by atoms with E-state index in [9.17, 15) is 9.18 Å². The number of hydrogen-bond donors (Lipinski definition) is 0. The Labute approximate surface area is 125 Å². The van der Waals surface area contributed by atoms with Crippen molar-refractivity contribution >= 4 is 5.91 Å². The van der Waals surface area contributed by atoms with Crippen LogP contribution in [0, 0.1) is 5.82 Å². The first-order valence-corrected chi connectivity index (χ1v) is 7.44. The highest BCUT2D eigenvalue weighted by atomic mass is 19.1. The van der Waals surface area contributed by atoms with E-state index >= 15 is 0 Å². The van der Waals surface area contributed by atoms with Crippen molar-refractivity contribution in [3.05, 3.63) is 35.6 Å². The summed E-state index contributed by atoms with van der Waals surface area (Å²) in [4.78, 5) is 16.3. The standard InChI is InChI=1S/C16H23FN2O2/c1-3-19(11-14-5-4-6-15(17)9-14)16(20)12-18-7-8-21-13(2)10-18/h4-6,9,13H,3,7-8,10-12H2,1-2H3. The Bertz CT molecular complexity index is 481. The average molecular weight is 294 g/mol. The molecule has 2 rings (SSSR count). The number of carbonyl (C=O) groups is 1. The van der Waals surface area contributed by atoms with E-state index in [1.165, 1.54) is 12.1 Å². The van der Waals surface area contributed by atoms with Crippen LogP contribution < -0.4 is 0 Å². The molecule has 0 aliphatic carbocycles. The van der Waals surface area contributed by atoms with Gasteiger partial charge in [0.15, 0.2) is 0 Å². The van der Waals surface area contributed by atoms with Crippen LogP contribution in [0.2, 0.25) is 0 Å². The summed E-state index contributed by atoms with van der Waals surface area (Å²) in [5, 5.41) is 0. The fourth-order valence-corrected chi connectivity index (χ4v) is 2.56. The summed E-state index contributed by atoms with van der Waals surface area (Å²) in [7, 11) is 0. The highest BCUT2D eigenvalue weighted by Gasteiger charge is 2.21. The van der Waals surface area contributed by atoms with Gasteiger partial charge in [-0.05, 0) is 31.5 Å². The number of morpholine rings is 1. The highest BCUT2D eigenvalue weighted by molar-refractivity contribution is 5.78. The SMILES string of the molecule is CCN(Cc1cccc(F)c1)C(=O)CN1CCOC(C)C1. The Morgan fingerprint density at radius 2 is 2.33 bits per heavy atom. The van der Waals surface area contributed by atoms with E-state index in [0.29, 0.717) is 26.2 Å². The lowest BCUT2D eigenvalue weighted by Gasteiger charge is -2.32. The van der Waals surface area contributed by atoms with E-state index in [-0.39, 0.29) is 17.8 Å². The lowest BCUT2D eigenvalue weighted by Crippen LogP contribution is -2.47. The summed E-state index contributed by atoms with van der Waals surface area (Å²) in [6.07, 6.45) is 0.171. The third kappa shape index (κ3) is 4.79. The monoisotopic (exact) mass is 294 g/mol. The first kappa shape index (κ1) is 15.9. The summed E-state index contributed by atoms with van der Waals surface area (Å²) in [6, 6.07) is 6.41. The molecule has 1 heterocycles. The van der Waals surface area contributed by atoms with Crippen molar-refractivity contribution in [3.63, 3.8) is 0 Å². The fourth-order valence-electron chi connectivity index (χ4n) is 2.56. The normalized spacial score (nSPS) is 19.5. The Morgan fingerprint density at radius 1 is 1.52 bits per heavy atom. The van der Waals surface area contributed by atoms with Crippen LogP contribution in [-0.2, 0) is 16.1 Å². The maximum atomic E-state index is 13.2. The molecule has 1 atom stereocenters. The van der Waals surface area contributed by atoms with Crippen LogP contribution in [0.4, 0.5) is 4.39 Å². The molecule has 1 amide bonds. The molecule has 21 heavy (non-hydrogen) atoms. The van der Waals surface area contributed by atoms with Gasteiger partial charge in [0.05, 0.1) is 19.3 Å². The van der Waals surface area contributed by atoms with Crippen molar-refractivity contribution in [2.75, 3.05) is 32.8 Å². The molecule has 0 spiro atoms. The number of halogens is 1. The van der Waals surface area contributed by atoms with E-state index in [2.05, 4.69) is 4.90 Å². The summed E-state index contributed by atoms with van der Waals surface area (Å²) < 4.78 is 18.7. The minimum absolute atomic E-state index is 0.0795.